The molecule has 10 nitrogen and oxygen atoms in total. The normalized spacial score (nSPS) is 18.8. The van der Waals surface area contributed by atoms with Crippen LogP contribution in [0, 0.1) is 17.5 Å². The van der Waals surface area contributed by atoms with E-state index in [1.807, 2.05) is 4.68 Å². The standard InChI is InChI=1S/C23H23F3N6O4S/c24-18-9-15(10-19(25)22(18)26)30-23(33)36-17-4-2-14(3-5-17)8-16-13-31-20(11-27-16)21(12-28-31)32-7-1-6-29-37(32,34)35/h2-5,9-10,12,16,27,29H,1,6-8,11,13H2,(H,30,33)/t16-/m0/s1. The van der Waals surface area contributed by atoms with E-state index < -0.39 is 33.8 Å². The molecule has 0 spiro atoms. The van der Waals surface area contributed by atoms with Gasteiger partial charge in [-0.25, -0.2) is 18.0 Å². The second-order valence-electron chi connectivity index (χ2n) is 8.68. The van der Waals surface area contributed by atoms with Gasteiger partial charge in [0.2, 0.25) is 0 Å². The highest BCUT2D eigenvalue weighted by Crippen LogP contribution is 2.27. The van der Waals surface area contributed by atoms with Crippen molar-refractivity contribution in [3.63, 3.8) is 0 Å². The van der Waals surface area contributed by atoms with Crippen molar-refractivity contribution in [2.75, 3.05) is 22.7 Å². The van der Waals surface area contributed by atoms with Crippen molar-refractivity contribution < 1.29 is 31.1 Å². The summed E-state index contributed by atoms with van der Waals surface area (Å²) in [5.74, 6) is -4.28. The van der Waals surface area contributed by atoms with Crippen LogP contribution in [0.3, 0.4) is 0 Å². The number of aromatic nitrogens is 2. The third-order valence-corrected chi connectivity index (χ3v) is 7.63. The van der Waals surface area contributed by atoms with Crippen LogP contribution in [0.25, 0.3) is 0 Å². The van der Waals surface area contributed by atoms with E-state index in [1.165, 1.54) is 4.31 Å². The summed E-state index contributed by atoms with van der Waals surface area (Å²) in [6.45, 7) is 1.83. The molecule has 1 fully saturated rings. The molecule has 1 saturated heterocycles. The Morgan fingerprint density at radius 2 is 1.89 bits per heavy atom. The summed E-state index contributed by atoms with van der Waals surface area (Å²) >= 11 is 0. The fraction of sp³-hybridized carbons (Fsp3) is 0.304. The molecule has 0 aliphatic carbocycles. The van der Waals surface area contributed by atoms with E-state index in [1.54, 1.807) is 30.5 Å². The first-order chi connectivity index (χ1) is 17.7. The van der Waals surface area contributed by atoms with E-state index in [9.17, 15) is 26.4 Å². The summed E-state index contributed by atoms with van der Waals surface area (Å²) in [6, 6.07) is 8.04. The third kappa shape index (κ3) is 5.40. The van der Waals surface area contributed by atoms with Crippen molar-refractivity contribution in [1.29, 1.82) is 0 Å². The molecule has 196 valence electrons. The first-order valence-electron chi connectivity index (χ1n) is 11.5. The highest BCUT2D eigenvalue weighted by atomic mass is 32.2. The second kappa shape index (κ2) is 10.0. The lowest BCUT2D eigenvalue weighted by molar-refractivity contribution is 0.215. The number of rotatable bonds is 5. The summed E-state index contributed by atoms with van der Waals surface area (Å²) in [7, 11) is -3.56. The average molecular weight is 537 g/mol. The zero-order chi connectivity index (χ0) is 26.2. The topological polar surface area (TPSA) is 118 Å². The molecule has 1 atom stereocenters. The minimum Gasteiger partial charge on any atom is -0.410 e. The van der Waals surface area contributed by atoms with Crippen LogP contribution in [-0.4, -0.2) is 43.4 Å². The number of amides is 1. The van der Waals surface area contributed by atoms with E-state index in [4.69, 9.17) is 4.74 Å². The third-order valence-electron chi connectivity index (χ3n) is 6.11. The van der Waals surface area contributed by atoms with Crippen molar-refractivity contribution in [3.05, 3.63) is 71.3 Å². The van der Waals surface area contributed by atoms with Gasteiger partial charge < -0.3 is 10.1 Å². The molecule has 14 heteroatoms. The number of hydrogen-bond donors (Lipinski definition) is 3. The van der Waals surface area contributed by atoms with Gasteiger partial charge in [0.25, 0.3) is 0 Å². The maximum atomic E-state index is 13.3. The van der Waals surface area contributed by atoms with Crippen molar-refractivity contribution in [1.82, 2.24) is 19.8 Å². The second-order valence-corrected chi connectivity index (χ2v) is 10.4. The van der Waals surface area contributed by atoms with E-state index in [0.29, 0.717) is 56.8 Å². The molecule has 2 aliphatic rings. The van der Waals surface area contributed by atoms with Crippen LogP contribution in [0.1, 0.15) is 17.7 Å². The van der Waals surface area contributed by atoms with Crippen LogP contribution in [-0.2, 0) is 29.7 Å². The Hall–Kier alpha value is -3.62. The van der Waals surface area contributed by atoms with Gasteiger partial charge in [0, 0.05) is 37.8 Å². The summed E-state index contributed by atoms with van der Waals surface area (Å²) in [6.07, 6.45) is 1.94. The molecule has 3 aromatic rings. The van der Waals surface area contributed by atoms with Gasteiger partial charge in [-0.05, 0) is 30.5 Å². The van der Waals surface area contributed by atoms with E-state index in [-0.39, 0.29) is 17.5 Å². The Morgan fingerprint density at radius 1 is 1.16 bits per heavy atom. The number of carbonyl (C=O) groups excluding carboxylic acids is 1. The van der Waals surface area contributed by atoms with E-state index >= 15 is 0 Å². The van der Waals surface area contributed by atoms with E-state index in [2.05, 4.69) is 20.5 Å². The fourth-order valence-corrected chi connectivity index (χ4v) is 5.67. The minimum absolute atomic E-state index is 0.0367. The van der Waals surface area contributed by atoms with Gasteiger partial charge in [-0.15, -0.1) is 0 Å². The van der Waals surface area contributed by atoms with Crippen LogP contribution >= 0.6 is 0 Å². The predicted octanol–water partition coefficient (Wildman–Crippen LogP) is 2.67. The molecule has 2 aromatic carbocycles. The summed E-state index contributed by atoms with van der Waals surface area (Å²) in [5.41, 5.74) is 2.05. The number of carbonyl (C=O) groups is 1. The number of halogens is 3. The van der Waals surface area contributed by atoms with Gasteiger partial charge >= 0.3 is 16.3 Å². The molecule has 0 saturated carbocycles. The lowest BCUT2D eigenvalue weighted by atomic mass is 10.0. The van der Waals surface area contributed by atoms with Crippen LogP contribution < -0.4 is 24.4 Å². The Bertz CT molecular complexity index is 1410. The number of hydrogen-bond acceptors (Lipinski definition) is 6. The first-order valence-corrected chi connectivity index (χ1v) is 12.9. The van der Waals surface area contributed by atoms with Gasteiger partial charge in [-0.3, -0.25) is 14.3 Å². The number of benzene rings is 2. The van der Waals surface area contributed by atoms with Crippen molar-refractivity contribution in [2.45, 2.75) is 32.0 Å². The molecule has 0 bridgehead atoms. The maximum Gasteiger partial charge on any atom is 0.417 e. The molecule has 0 radical (unpaired) electrons. The maximum absolute atomic E-state index is 13.3. The largest absolute Gasteiger partial charge is 0.417 e. The quantitative estimate of drug-likeness (QED) is 0.432. The predicted molar refractivity (Wildman–Crippen MR) is 128 cm³/mol. The summed E-state index contributed by atoms with van der Waals surface area (Å²) in [5, 5.41) is 9.96. The monoisotopic (exact) mass is 536 g/mol. The highest BCUT2D eigenvalue weighted by Gasteiger charge is 2.31. The van der Waals surface area contributed by atoms with Crippen LogP contribution in [0.15, 0.2) is 42.6 Å². The molecular formula is C23H23F3N6O4S. The molecule has 1 amide bonds. The lowest BCUT2D eigenvalue weighted by Crippen LogP contribution is -2.48. The van der Waals surface area contributed by atoms with Crippen LogP contribution in [0.2, 0.25) is 0 Å². The fourth-order valence-electron chi connectivity index (χ4n) is 4.33. The number of ether oxygens (including phenoxy) is 1. The van der Waals surface area contributed by atoms with Crippen molar-refractivity contribution in [3.8, 4) is 5.75 Å². The van der Waals surface area contributed by atoms with Crippen LogP contribution in [0.5, 0.6) is 5.75 Å². The Balaban J connectivity index is 1.17. The number of anilines is 2. The Kier molecular flexibility index (Phi) is 6.79. The zero-order valence-electron chi connectivity index (χ0n) is 19.4. The minimum atomic E-state index is -3.56. The summed E-state index contributed by atoms with van der Waals surface area (Å²) < 4.78 is 75.2. The SMILES string of the molecule is O=C(Nc1cc(F)c(F)c(F)c1)Oc1ccc(C[C@H]2Cn3ncc(N4CCCNS4(=O)=O)c3CN2)cc1. The van der Waals surface area contributed by atoms with Gasteiger partial charge in [-0.1, -0.05) is 12.1 Å². The molecular weight excluding hydrogens is 513 g/mol. The first kappa shape index (κ1) is 25.0. The molecule has 1 aromatic heterocycles. The van der Waals surface area contributed by atoms with Gasteiger partial charge in [-0.2, -0.15) is 18.2 Å². The zero-order valence-corrected chi connectivity index (χ0v) is 20.2. The molecule has 0 unspecified atom stereocenters. The molecule has 37 heavy (non-hydrogen) atoms. The van der Waals surface area contributed by atoms with E-state index in [0.717, 1.165) is 11.3 Å². The number of nitrogens with zero attached hydrogens (tertiary/aromatic N) is 3. The van der Waals surface area contributed by atoms with Gasteiger partial charge in [0.1, 0.15) is 5.75 Å². The Labute approximate surface area is 210 Å². The highest BCUT2D eigenvalue weighted by molar-refractivity contribution is 7.90. The van der Waals surface area contributed by atoms with Gasteiger partial charge in [0.05, 0.1) is 29.8 Å². The smallest absolute Gasteiger partial charge is 0.410 e. The van der Waals surface area contributed by atoms with Crippen LogP contribution in [0.4, 0.5) is 29.3 Å². The van der Waals surface area contributed by atoms with Crippen molar-refractivity contribution in [2.24, 2.45) is 0 Å². The molecule has 2 aliphatic heterocycles. The van der Waals surface area contributed by atoms with Crippen molar-refractivity contribution >= 4 is 27.7 Å². The average Bonchev–Trinajstić information content (AvgIpc) is 3.26. The summed E-state index contributed by atoms with van der Waals surface area (Å²) in [4.78, 5) is 12.0. The Morgan fingerprint density at radius 3 is 2.59 bits per heavy atom. The molecule has 3 heterocycles. The number of fused-ring (bicyclic) bond motifs is 1. The van der Waals surface area contributed by atoms with Gasteiger partial charge in [0.15, 0.2) is 17.5 Å². The number of nitrogens with one attached hydrogen (secondary N) is 3. The molecule has 3 N–H and O–H groups in total. The lowest BCUT2D eigenvalue weighted by Gasteiger charge is -2.31. The molecule has 5 rings (SSSR count).